The predicted octanol–water partition coefficient (Wildman–Crippen LogP) is 2.32. The molecule has 9 nitrogen and oxygen atoms in total. The van der Waals surface area contributed by atoms with Crippen LogP contribution in [0.3, 0.4) is 0 Å². The number of aromatic nitrogens is 1. The van der Waals surface area contributed by atoms with Gasteiger partial charge in [0.05, 0.1) is 18.6 Å². The van der Waals surface area contributed by atoms with Crippen LogP contribution in [0, 0.1) is 12.8 Å². The molecule has 1 amide bonds. The zero-order chi connectivity index (χ0) is 24.4. The van der Waals surface area contributed by atoms with Crippen LogP contribution < -0.4 is 4.74 Å². The monoisotopic (exact) mass is 490 g/mol. The van der Waals surface area contributed by atoms with Gasteiger partial charge in [-0.1, -0.05) is 6.07 Å². The molecule has 2 aromatic rings. The van der Waals surface area contributed by atoms with Crippen LogP contribution in [0.25, 0.3) is 0 Å². The number of aryl methyl sites for hydroxylation is 1. The highest BCUT2D eigenvalue weighted by atomic mass is 32.2. The van der Waals surface area contributed by atoms with E-state index in [1.807, 2.05) is 6.07 Å². The number of ether oxygens (including phenoxy) is 1. The van der Waals surface area contributed by atoms with Crippen molar-refractivity contribution in [3.63, 3.8) is 0 Å². The molecule has 2 saturated heterocycles. The van der Waals surface area contributed by atoms with Crippen LogP contribution in [0.15, 0.2) is 41.1 Å². The van der Waals surface area contributed by atoms with Crippen molar-refractivity contribution >= 4 is 21.7 Å². The summed E-state index contributed by atoms with van der Waals surface area (Å²) in [6, 6.07) is 7.07. The second-order valence-electron chi connectivity index (χ2n) is 7.75. The Bertz CT molecular complexity index is 1110. The molecule has 2 aromatic heterocycles. The summed E-state index contributed by atoms with van der Waals surface area (Å²) in [6.07, 6.45) is -1.45. The first-order valence-electron chi connectivity index (χ1n) is 9.77. The first-order chi connectivity index (χ1) is 15.4. The number of hydrogen-bond acceptors (Lipinski definition) is 7. The number of nitrogens with zero attached hydrogens (tertiary/aromatic N) is 2. The standard InChI is InChI=1S/C18H20N2O5S.C2HF3O2/c1-13-5-8-24-16(13)17(21)20-11-18(12-20)14(6-9-26(18,22)23)10-25-15-4-2-3-7-19-15;3-2(4,5)1(6)7/h2-5,7-8,14H,6,9-12H2,1H3;(H,6,7). The maximum absolute atomic E-state index is 12.7. The molecule has 1 atom stereocenters. The molecule has 4 heterocycles. The number of sulfone groups is 1. The molecule has 1 spiro atoms. The number of aliphatic carboxylic acids is 1. The summed E-state index contributed by atoms with van der Waals surface area (Å²) in [5.41, 5.74) is 0.750. The number of carbonyl (C=O) groups is 2. The molecule has 1 N–H and O–H groups in total. The van der Waals surface area contributed by atoms with Crippen LogP contribution in [0.2, 0.25) is 0 Å². The highest BCUT2D eigenvalue weighted by molar-refractivity contribution is 7.93. The smallest absolute Gasteiger partial charge is 0.477 e. The molecule has 2 aliphatic heterocycles. The predicted molar refractivity (Wildman–Crippen MR) is 107 cm³/mol. The molecule has 2 fully saturated rings. The third kappa shape index (κ3) is 4.97. The van der Waals surface area contributed by atoms with Gasteiger partial charge in [0.25, 0.3) is 5.91 Å². The summed E-state index contributed by atoms with van der Waals surface area (Å²) in [6.45, 7) is 2.44. The minimum Gasteiger partial charge on any atom is -0.477 e. The summed E-state index contributed by atoms with van der Waals surface area (Å²) < 4.78 is 67.1. The molecule has 2 aliphatic rings. The average Bonchev–Trinajstić information content (AvgIpc) is 3.25. The average molecular weight is 490 g/mol. The van der Waals surface area contributed by atoms with E-state index in [9.17, 15) is 26.4 Å². The number of halogens is 3. The lowest BCUT2D eigenvalue weighted by molar-refractivity contribution is -0.192. The quantitative estimate of drug-likeness (QED) is 0.692. The van der Waals surface area contributed by atoms with Gasteiger partial charge in [0.1, 0.15) is 4.75 Å². The number of carboxylic acid groups (broad SMARTS) is 1. The molecule has 0 aliphatic carbocycles. The van der Waals surface area contributed by atoms with Crippen LogP contribution in [-0.2, 0) is 14.6 Å². The molecular weight excluding hydrogens is 469 g/mol. The number of alkyl halides is 3. The maximum Gasteiger partial charge on any atom is 0.490 e. The molecular formula is C20H21F3N2O7S. The highest BCUT2D eigenvalue weighted by Crippen LogP contribution is 2.45. The topological polar surface area (TPSA) is 127 Å². The van der Waals surface area contributed by atoms with Crippen molar-refractivity contribution in [3.8, 4) is 5.88 Å². The van der Waals surface area contributed by atoms with E-state index < -0.39 is 26.7 Å². The normalized spacial score (nSPS) is 20.5. The minimum atomic E-state index is -5.08. The van der Waals surface area contributed by atoms with Gasteiger partial charge >= 0.3 is 12.1 Å². The third-order valence-corrected chi connectivity index (χ3v) is 8.28. The summed E-state index contributed by atoms with van der Waals surface area (Å²) in [5, 5.41) is 7.12. The largest absolute Gasteiger partial charge is 0.490 e. The van der Waals surface area contributed by atoms with Gasteiger partial charge in [0.15, 0.2) is 15.6 Å². The lowest BCUT2D eigenvalue weighted by Crippen LogP contribution is -2.69. The number of carboxylic acids is 1. The Balaban J connectivity index is 0.000000383. The Labute approximate surface area is 187 Å². The number of carbonyl (C=O) groups excluding carboxylic acids is 1. The Hall–Kier alpha value is -3.09. The van der Waals surface area contributed by atoms with Crippen LogP contribution in [0.4, 0.5) is 13.2 Å². The van der Waals surface area contributed by atoms with Crippen LogP contribution in [0.5, 0.6) is 5.88 Å². The molecule has 0 saturated carbocycles. The van der Waals surface area contributed by atoms with E-state index in [1.165, 1.54) is 6.26 Å². The SMILES string of the molecule is Cc1ccoc1C(=O)N1CC2(C1)C(COc1ccccn1)CCS2(=O)=O.O=C(O)C(F)(F)F. The number of likely N-dealkylation sites (tertiary alicyclic amines) is 1. The number of hydrogen-bond donors (Lipinski definition) is 1. The third-order valence-electron chi connectivity index (χ3n) is 5.67. The molecule has 33 heavy (non-hydrogen) atoms. The van der Waals surface area contributed by atoms with Crippen molar-refractivity contribution in [2.24, 2.45) is 5.92 Å². The van der Waals surface area contributed by atoms with Gasteiger partial charge in [-0.15, -0.1) is 0 Å². The van der Waals surface area contributed by atoms with Gasteiger partial charge in [-0.2, -0.15) is 13.2 Å². The zero-order valence-corrected chi connectivity index (χ0v) is 18.2. The lowest BCUT2D eigenvalue weighted by Gasteiger charge is -2.49. The Morgan fingerprint density at radius 1 is 1.30 bits per heavy atom. The maximum atomic E-state index is 12.7. The highest BCUT2D eigenvalue weighted by Gasteiger charge is 2.63. The summed E-state index contributed by atoms with van der Waals surface area (Å²) in [4.78, 5) is 27.1. The molecule has 0 bridgehead atoms. The number of furan rings is 1. The minimum absolute atomic E-state index is 0.130. The van der Waals surface area contributed by atoms with Crippen LogP contribution in [-0.4, -0.2) is 71.7 Å². The van der Waals surface area contributed by atoms with E-state index in [1.54, 1.807) is 36.2 Å². The fourth-order valence-electron chi connectivity index (χ4n) is 3.81. The van der Waals surface area contributed by atoms with Gasteiger partial charge in [-0.3, -0.25) is 4.79 Å². The van der Waals surface area contributed by atoms with E-state index in [0.29, 0.717) is 12.3 Å². The van der Waals surface area contributed by atoms with Crippen molar-refractivity contribution in [2.45, 2.75) is 24.3 Å². The second-order valence-corrected chi connectivity index (χ2v) is 10.2. The van der Waals surface area contributed by atoms with Gasteiger partial charge in [-0.05, 0) is 25.5 Å². The first kappa shape index (κ1) is 24.6. The van der Waals surface area contributed by atoms with Crippen molar-refractivity contribution in [1.82, 2.24) is 9.88 Å². The van der Waals surface area contributed by atoms with E-state index in [0.717, 1.165) is 5.56 Å². The van der Waals surface area contributed by atoms with Crippen LogP contribution >= 0.6 is 0 Å². The molecule has 180 valence electrons. The van der Waals surface area contributed by atoms with Crippen molar-refractivity contribution in [1.29, 1.82) is 0 Å². The fourth-order valence-corrected chi connectivity index (χ4v) is 6.21. The fraction of sp³-hybridized carbons (Fsp3) is 0.450. The van der Waals surface area contributed by atoms with Crippen molar-refractivity contribution < 1.29 is 45.4 Å². The lowest BCUT2D eigenvalue weighted by atomic mass is 9.83. The number of amides is 1. The molecule has 1 unspecified atom stereocenters. The Morgan fingerprint density at radius 3 is 2.48 bits per heavy atom. The summed E-state index contributed by atoms with van der Waals surface area (Å²) in [5.74, 6) is -2.29. The first-order valence-corrected chi connectivity index (χ1v) is 11.4. The molecule has 13 heteroatoms. The second kappa shape index (κ2) is 9.04. The van der Waals surface area contributed by atoms with Gasteiger partial charge in [0, 0.05) is 36.8 Å². The van der Waals surface area contributed by atoms with Crippen LogP contribution in [0.1, 0.15) is 22.5 Å². The molecule has 0 aromatic carbocycles. The van der Waals surface area contributed by atoms with Gasteiger partial charge < -0.3 is 19.2 Å². The van der Waals surface area contributed by atoms with Gasteiger partial charge in [0.2, 0.25) is 5.88 Å². The van der Waals surface area contributed by atoms with Crippen molar-refractivity contribution in [3.05, 3.63) is 48.0 Å². The Morgan fingerprint density at radius 2 is 1.97 bits per heavy atom. The Kier molecular flexibility index (Phi) is 6.73. The van der Waals surface area contributed by atoms with E-state index in [2.05, 4.69) is 4.98 Å². The van der Waals surface area contributed by atoms with E-state index in [-0.39, 0.29) is 43.0 Å². The van der Waals surface area contributed by atoms with Crippen molar-refractivity contribution in [2.75, 3.05) is 25.4 Å². The number of rotatable bonds is 4. The number of pyridine rings is 1. The van der Waals surface area contributed by atoms with E-state index in [4.69, 9.17) is 19.1 Å². The summed E-state index contributed by atoms with van der Waals surface area (Å²) >= 11 is 0. The zero-order valence-electron chi connectivity index (χ0n) is 17.4. The summed E-state index contributed by atoms with van der Waals surface area (Å²) in [7, 11) is -3.27. The molecule has 0 radical (unpaired) electrons. The molecule has 4 rings (SSSR count). The van der Waals surface area contributed by atoms with E-state index >= 15 is 0 Å². The van der Waals surface area contributed by atoms with Gasteiger partial charge in [-0.25, -0.2) is 18.2 Å².